The van der Waals surface area contributed by atoms with Gasteiger partial charge in [0.2, 0.25) is 0 Å². The lowest BCUT2D eigenvalue weighted by molar-refractivity contribution is 0.100. The molecule has 1 aromatic carbocycles. The quantitative estimate of drug-likeness (QED) is 0.801. The van der Waals surface area contributed by atoms with Crippen molar-refractivity contribution in [1.82, 2.24) is 0 Å². The van der Waals surface area contributed by atoms with Gasteiger partial charge in [-0.3, -0.25) is 4.21 Å². The molecule has 16 heavy (non-hydrogen) atoms. The minimum absolute atomic E-state index is 0.135. The van der Waals surface area contributed by atoms with E-state index in [1.54, 1.807) is 0 Å². The molecule has 2 N–H and O–H groups in total. The Hall–Kier alpha value is -0.870. The number of aryl methyl sites for hydroxylation is 1. The van der Waals surface area contributed by atoms with E-state index in [1.807, 2.05) is 25.1 Å². The second kappa shape index (κ2) is 4.97. The third-order valence-corrected chi connectivity index (χ3v) is 4.71. The summed E-state index contributed by atoms with van der Waals surface area (Å²) in [5.74, 6) is 0. The molecule has 2 rings (SSSR count). The van der Waals surface area contributed by atoms with E-state index in [-0.39, 0.29) is 5.25 Å². The van der Waals surface area contributed by atoms with Crippen LogP contribution in [0.3, 0.4) is 0 Å². The van der Waals surface area contributed by atoms with Crippen molar-refractivity contribution in [3.63, 3.8) is 0 Å². The monoisotopic (exact) mass is 239 g/mol. The highest BCUT2D eigenvalue weighted by atomic mass is 32.2. The van der Waals surface area contributed by atoms with Crippen LogP contribution in [0.4, 0.5) is 5.69 Å². The Morgan fingerprint density at radius 1 is 1.50 bits per heavy atom. The number of hydrogen-bond acceptors (Lipinski definition) is 3. The zero-order valence-corrected chi connectivity index (χ0v) is 10.3. The number of rotatable bonds is 2. The van der Waals surface area contributed by atoms with Crippen LogP contribution in [0.15, 0.2) is 23.1 Å². The molecule has 0 bridgehead atoms. The van der Waals surface area contributed by atoms with E-state index in [2.05, 4.69) is 0 Å². The largest absolute Gasteiger partial charge is 0.399 e. The van der Waals surface area contributed by atoms with E-state index in [0.717, 1.165) is 35.6 Å². The number of anilines is 1. The van der Waals surface area contributed by atoms with Gasteiger partial charge in [-0.25, -0.2) is 0 Å². The number of benzene rings is 1. The maximum Gasteiger partial charge on any atom is 0.0629 e. The highest BCUT2D eigenvalue weighted by Crippen LogP contribution is 2.22. The van der Waals surface area contributed by atoms with Gasteiger partial charge in [0, 0.05) is 17.2 Å². The molecule has 1 aromatic rings. The zero-order chi connectivity index (χ0) is 11.5. The summed E-state index contributed by atoms with van der Waals surface area (Å²) in [6.07, 6.45) is 1.99. The Bertz CT molecular complexity index is 400. The summed E-state index contributed by atoms with van der Waals surface area (Å²) < 4.78 is 17.7. The number of ether oxygens (including phenoxy) is 1. The lowest BCUT2D eigenvalue weighted by Crippen LogP contribution is -2.27. The van der Waals surface area contributed by atoms with Gasteiger partial charge >= 0.3 is 0 Å². The molecule has 0 radical (unpaired) electrons. The Balaban J connectivity index is 2.19. The maximum absolute atomic E-state index is 12.3. The van der Waals surface area contributed by atoms with Gasteiger partial charge in [0.1, 0.15) is 0 Å². The Kier molecular flexibility index (Phi) is 3.61. The average Bonchev–Trinajstić information content (AvgIpc) is 2.29. The number of nitrogen functional groups attached to an aromatic ring is 1. The number of hydrogen-bond donors (Lipinski definition) is 1. The van der Waals surface area contributed by atoms with Gasteiger partial charge in [-0.05, 0) is 43.5 Å². The van der Waals surface area contributed by atoms with Crippen LogP contribution in [0.25, 0.3) is 0 Å². The van der Waals surface area contributed by atoms with E-state index in [4.69, 9.17) is 10.5 Å². The molecule has 0 spiro atoms. The molecule has 88 valence electrons. The third-order valence-electron chi connectivity index (χ3n) is 2.84. The van der Waals surface area contributed by atoms with Crippen LogP contribution in [0.2, 0.25) is 0 Å². The second-order valence-corrected chi connectivity index (χ2v) is 5.86. The van der Waals surface area contributed by atoms with Crippen molar-refractivity contribution in [2.75, 3.05) is 18.9 Å². The van der Waals surface area contributed by atoms with Crippen molar-refractivity contribution in [2.45, 2.75) is 29.9 Å². The van der Waals surface area contributed by atoms with E-state index in [0.29, 0.717) is 6.61 Å². The average molecular weight is 239 g/mol. The van der Waals surface area contributed by atoms with Crippen LogP contribution in [0, 0.1) is 6.92 Å². The highest BCUT2D eigenvalue weighted by molar-refractivity contribution is 7.85. The Morgan fingerprint density at radius 3 is 2.94 bits per heavy atom. The molecule has 1 aliphatic heterocycles. The van der Waals surface area contributed by atoms with Crippen LogP contribution in [0.1, 0.15) is 18.4 Å². The predicted octanol–water partition coefficient (Wildman–Crippen LogP) is 1.86. The van der Waals surface area contributed by atoms with E-state index in [1.165, 1.54) is 0 Å². The van der Waals surface area contributed by atoms with Crippen molar-refractivity contribution in [1.29, 1.82) is 0 Å². The minimum atomic E-state index is -0.970. The van der Waals surface area contributed by atoms with Crippen molar-refractivity contribution < 1.29 is 8.95 Å². The molecule has 0 aliphatic carbocycles. The third kappa shape index (κ3) is 2.44. The topological polar surface area (TPSA) is 52.3 Å². The molecule has 1 heterocycles. The molecule has 3 nitrogen and oxygen atoms in total. The van der Waals surface area contributed by atoms with Gasteiger partial charge in [-0.15, -0.1) is 0 Å². The first-order chi connectivity index (χ1) is 7.68. The molecular formula is C12H17NO2S. The Labute approximate surface area is 98.4 Å². The second-order valence-electron chi connectivity index (χ2n) is 4.16. The standard InChI is InChI=1S/C12H17NO2S/c1-9-7-10(13)4-5-12(9)16(14)11-3-2-6-15-8-11/h4-5,7,11H,2-3,6,8,13H2,1H3. The molecular weight excluding hydrogens is 222 g/mol. The first-order valence-electron chi connectivity index (χ1n) is 5.53. The summed E-state index contributed by atoms with van der Waals surface area (Å²) in [5, 5.41) is 0.135. The molecule has 1 saturated heterocycles. The maximum atomic E-state index is 12.3. The SMILES string of the molecule is Cc1cc(N)ccc1S(=O)C1CCCOC1. The molecule has 2 atom stereocenters. The summed E-state index contributed by atoms with van der Waals surface area (Å²) >= 11 is 0. The highest BCUT2D eigenvalue weighted by Gasteiger charge is 2.22. The smallest absolute Gasteiger partial charge is 0.0629 e. The lowest BCUT2D eigenvalue weighted by atomic mass is 10.2. The van der Waals surface area contributed by atoms with Crippen LogP contribution in [0.5, 0.6) is 0 Å². The molecule has 1 fully saturated rings. The van der Waals surface area contributed by atoms with Crippen molar-refractivity contribution in [2.24, 2.45) is 0 Å². The van der Waals surface area contributed by atoms with Gasteiger partial charge in [0.15, 0.2) is 0 Å². The fourth-order valence-corrected chi connectivity index (χ4v) is 3.50. The summed E-state index contributed by atoms with van der Waals surface area (Å²) in [6, 6.07) is 5.55. The molecule has 0 aromatic heterocycles. The van der Waals surface area contributed by atoms with Crippen molar-refractivity contribution in [3.8, 4) is 0 Å². The lowest BCUT2D eigenvalue weighted by Gasteiger charge is -2.22. The summed E-state index contributed by atoms with van der Waals surface area (Å²) in [5.41, 5.74) is 7.41. The van der Waals surface area contributed by atoms with Crippen molar-refractivity contribution in [3.05, 3.63) is 23.8 Å². The van der Waals surface area contributed by atoms with Gasteiger partial charge in [-0.1, -0.05) is 0 Å². The fourth-order valence-electron chi connectivity index (χ4n) is 1.96. The number of nitrogens with two attached hydrogens (primary N) is 1. The molecule has 1 aliphatic rings. The molecule has 0 amide bonds. The van der Waals surface area contributed by atoms with Crippen LogP contribution in [-0.4, -0.2) is 22.7 Å². The van der Waals surface area contributed by atoms with Crippen molar-refractivity contribution >= 4 is 16.5 Å². The molecule has 0 saturated carbocycles. The molecule has 4 heteroatoms. The van der Waals surface area contributed by atoms with Gasteiger partial charge in [0.25, 0.3) is 0 Å². The fraction of sp³-hybridized carbons (Fsp3) is 0.500. The van der Waals surface area contributed by atoms with Crippen LogP contribution in [-0.2, 0) is 15.5 Å². The van der Waals surface area contributed by atoms with E-state index in [9.17, 15) is 4.21 Å². The minimum Gasteiger partial charge on any atom is -0.399 e. The van der Waals surface area contributed by atoms with Gasteiger partial charge in [-0.2, -0.15) is 0 Å². The first kappa shape index (κ1) is 11.6. The van der Waals surface area contributed by atoms with Crippen LogP contribution < -0.4 is 5.73 Å². The van der Waals surface area contributed by atoms with Crippen LogP contribution >= 0.6 is 0 Å². The first-order valence-corrected chi connectivity index (χ1v) is 6.74. The normalized spacial score (nSPS) is 22.9. The van der Waals surface area contributed by atoms with Gasteiger partial charge in [0.05, 0.1) is 22.7 Å². The van der Waals surface area contributed by atoms with E-state index < -0.39 is 10.8 Å². The van der Waals surface area contributed by atoms with Gasteiger partial charge < -0.3 is 10.5 Å². The predicted molar refractivity (Wildman–Crippen MR) is 65.8 cm³/mol. The molecule has 2 unspecified atom stereocenters. The van der Waals surface area contributed by atoms with E-state index >= 15 is 0 Å². The summed E-state index contributed by atoms with van der Waals surface area (Å²) in [4.78, 5) is 0.893. The zero-order valence-electron chi connectivity index (χ0n) is 9.44. The summed E-state index contributed by atoms with van der Waals surface area (Å²) in [6.45, 7) is 3.36. The summed E-state index contributed by atoms with van der Waals surface area (Å²) in [7, 11) is -0.970. The Morgan fingerprint density at radius 2 is 2.31 bits per heavy atom.